The molecule has 0 bridgehead atoms. The van der Waals surface area contributed by atoms with Crippen LogP contribution in [0, 0.1) is 0 Å². The number of allylic oxidation sites excluding steroid dienone is 1. The van der Waals surface area contributed by atoms with Gasteiger partial charge in [-0.1, -0.05) is 54.1 Å². The van der Waals surface area contributed by atoms with Crippen molar-refractivity contribution < 1.29 is 14.3 Å². The maximum atomic E-state index is 12.3. The van der Waals surface area contributed by atoms with Crippen molar-refractivity contribution in [3.63, 3.8) is 0 Å². The maximum Gasteiger partial charge on any atom is 0.343 e. The van der Waals surface area contributed by atoms with E-state index >= 15 is 0 Å². The Morgan fingerprint density at radius 3 is 2.30 bits per heavy atom. The van der Waals surface area contributed by atoms with E-state index in [1.54, 1.807) is 24.3 Å². The molecule has 0 unspecified atom stereocenters. The summed E-state index contributed by atoms with van der Waals surface area (Å²) < 4.78 is 11.2. The van der Waals surface area contributed by atoms with E-state index in [1.807, 2.05) is 54.6 Å². The first-order valence-electron chi connectivity index (χ1n) is 8.84. The van der Waals surface area contributed by atoms with Gasteiger partial charge in [0.15, 0.2) is 0 Å². The van der Waals surface area contributed by atoms with Crippen molar-refractivity contribution in [2.45, 2.75) is 20.5 Å². The summed E-state index contributed by atoms with van der Waals surface area (Å²) in [6.45, 7) is 4.52. The lowest BCUT2D eigenvalue weighted by atomic mass is 10.1. The predicted octanol–water partition coefficient (Wildman–Crippen LogP) is 5.91. The highest BCUT2D eigenvalue weighted by Crippen LogP contribution is 2.17. The number of hydrogen-bond acceptors (Lipinski definition) is 3. The second kappa shape index (κ2) is 8.86. The van der Waals surface area contributed by atoms with Crippen molar-refractivity contribution in [2.75, 3.05) is 0 Å². The first kappa shape index (κ1) is 18.5. The monoisotopic (exact) mass is 358 g/mol. The zero-order chi connectivity index (χ0) is 19.1. The highest BCUT2D eigenvalue weighted by atomic mass is 16.5. The summed E-state index contributed by atoms with van der Waals surface area (Å²) in [4.78, 5) is 12.3. The fourth-order valence-electron chi connectivity index (χ4n) is 2.60. The van der Waals surface area contributed by atoms with Crippen molar-refractivity contribution in [3.8, 4) is 11.5 Å². The zero-order valence-corrected chi connectivity index (χ0v) is 15.5. The Labute approximate surface area is 159 Å². The summed E-state index contributed by atoms with van der Waals surface area (Å²) in [6.07, 6.45) is 2.12. The summed E-state index contributed by atoms with van der Waals surface area (Å²) in [5, 5.41) is 0. The number of carbonyl (C=O) groups is 1. The van der Waals surface area contributed by atoms with E-state index in [1.165, 1.54) is 5.57 Å². The van der Waals surface area contributed by atoms with E-state index in [-0.39, 0.29) is 5.97 Å². The molecule has 0 fully saturated rings. The Kier molecular flexibility index (Phi) is 6.06. The highest BCUT2D eigenvalue weighted by molar-refractivity contribution is 5.91. The molecule has 0 aliphatic carbocycles. The highest BCUT2D eigenvalue weighted by Gasteiger charge is 2.09. The maximum absolute atomic E-state index is 12.3. The van der Waals surface area contributed by atoms with Crippen LogP contribution >= 0.6 is 0 Å². The number of rotatable bonds is 6. The van der Waals surface area contributed by atoms with Crippen LogP contribution in [0.2, 0.25) is 0 Å². The van der Waals surface area contributed by atoms with Gasteiger partial charge in [0.25, 0.3) is 0 Å². The molecule has 0 atom stereocenters. The molecule has 0 spiro atoms. The van der Waals surface area contributed by atoms with Crippen LogP contribution in [0.15, 0.2) is 84.4 Å². The number of ether oxygens (including phenoxy) is 2. The van der Waals surface area contributed by atoms with Gasteiger partial charge in [-0.25, -0.2) is 4.79 Å². The van der Waals surface area contributed by atoms with Crippen LogP contribution < -0.4 is 9.47 Å². The molecule has 3 nitrogen and oxygen atoms in total. The molecular formula is C24H22O3. The lowest BCUT2D eigenvalue weighted by Crippen LogP contribution is -2.09. The molecule has 3 rings (SSSR count). The van der Waals surface area contributed by atoms with E-state index in [0.717, 1.165) is 16.9 Å². The average molecular weight is 358 g/mol. The quantitative estimate of drug-likeness (QED) is 0.406. The number of hydrogen-bond donors (Lipinski definition) is 0. The molecule has 0 N–H and O–H groups in total. The molecule has 0 saturated heterocycles. The number of carbonyl (C=O) groups excluding carboxylic acids is 1. The topological polar surface area (TPSA) is 35.5 Å². The largest absolute Gasteiger partial charge is 0.489 e. The predicted molar refractivity (Wildman–Crippen MR) is 108 cm³/mol. The Balaban J connectivity index is 1.62. The van der Waals surface area contributed by atoms with E-state index in [0.29, 0.717) is 17.9 Å². The summed E-state index contributed by atoms with van der Waals surface area (Å²) >= 11 is 0. The SMILES string of the molecule is CC(C)=Cc1ccc(OCc2cccc(C(=O)Oc3ccccc3)c2)cc1. The van der Waals surface area contributed by atoms with Crippen molar-refractivity contribution >= 4 is 12.0 Å². The van der Waals surface area contributed by atoms with Gasteiger partial charge in [-0.2, -0.15) is 0 Å². The van der Waals surface area contributed by atoms with Gasteiger partial charge < -0.3 is 9.47 Å². The van der Waals surface area contributed by atoms with Crippen LogP contribution in [0.4, 0.5) is 0 Å². The lowest BCUT2D eigenvalue weighted by Gasteiger charge is -2.09. The molecule has 0 aliphatic rings. The summed E-state index contributed by atoms with van der Waals surface area (Å²) in [5.74, 6) is 0.938. The van der Waals surface area contributed by atoms with Gasteiger partial charge in [-0.05, 0) is 61.4 Å². The molecule has 3 aromatic rings. The Morgan fingerprint density at radius 1 is 0.852 bits per heavy atom. The molecule has 136 valence electrons. The smallest absolute Gasteiger partial charge is 0.343 e. The van der Waals surface area contributed by atoms with E-state index in [4.69, 9.17) is 9.47 Å². The third-order valence-corrected chi connectivity index (χ3v) is 3.86. The first-order chi connectivity index (χ1) is 13.1. The number of benzene rings is 3. The van der Waals surface area contributed by atoms with E-state index in [9.17, 15) is 4.79 Å². The fraction of sp³-hybridized carbons (Fsp3) is 0.125. The third kappa shape index (κ3) is 5.58. The van der Waals surface area contributed by atoms with Gasteiger partial charge in [0, 0.05) is 0 Å². The third-order valence-electron chi connectivity index (χ3n) is 3.86. The van der Waals surface area contributed by atoms with Crippen LogP contribution in [0.3, 0.4) is 0 Å². The number of esters is 1. The second-order valence-electron chi connectivity index (χ2n) is 6.48. The summed E-state index contributed by atoms with van der Waals surface area (Å²) in [6, 6.07) is 24.3. The lowest BCUT2D eigenvalue weighted by molar-refractivity contribution is 0.0734. The van der Waals surface area contributed by atoms with Crippen LogP contribution in [0.1, 0.15) is 35.3 Å². The van der Waals surface area contributed by atoms with Crippen LogP contribution in [-0.4, -0.2) is 5.97 Å². The minimum absolute atomic E-state index is 0.380. The zero-order valence-electron chi connectivity index (χ0n) is 15.5. The Hall–Kier alpha value is -3.33. The summed E-state index contributed by atoms with van der Waals surface area (Å²) in [7, 11) is 0. The average Bonchev–Trinajstić information content (AvgIpc) is 2.68. The van der Waals surface area contributed by atoms with Gasteiger partial charge >= 0.3 is 5.97 Å². The van der Waals surface area contributed by atoms with Gasteiger partial charge in [0.2, 0.25) is 0 Å². The van der Waals surface area contributed by atoms with Gasteiger partial charge in [-0.15, -0.1) is 0 Å². The van der Waals surface area contributed by atoms with Crippen molar-refractivity contribution in [1.82, 2.24) is 0 Å². The van der Waals surface area contributed by atoms with Gasteiger partial charge in [0.05, 0.1) is 5.56 Å². The molecular weight excluding hydrogens is 336 g/mol. The fourth-order valence-corrected chi connectivity index (χ4v) is 2.60. The van der Waals surface area contributed by atoms with Crippen LogP contribution in [0.5, 0.6) is 11.5 Å². The normalized spacial score (nSPS) is 10.1. The second-order valence-corrected chi connectivity index (χ2v) is 6.48. The Bertz CT molecular complexity index is 921. The van der Waals surface area contributed by atoms with Crippen molar-refractivity contribution in [2.24, 2.45) is 0 Å². The number of para-hydroxylation sites is 1. The molecule has 0 aliphatic heterocycles. The molecule has 0 radical (unpaired) electrons. The Morgan fingerprint density at radius 2 is 1.59 bits per heavy atom. The molecule has 0 aromatic heterocycles. The minimum atomic E-state index is -0.380. The van der Waals surface area contributed by atoms with Crippen molar-refractivity contribution in [1.29, 1.82) is 0 Å². The molecule has 0 saturated carbocycles. The molecule has 3 aromatic carbocycles. The first-order valence-corrected chi connectivity index (χ1v) is 8.84. The minimum Gasteiger partial charge on any atom is -0.489 e. The van der Waals surface area contributed by atoms with Crippen LogP contribution in [-0.2, 0) is 6.61 Å². The summed E-state index contributed by atoms with van der Waals surface area (Å²) in [5.41, 5.74) is 3.81. The van der Waals surface area contributed by atoms with Crippen molar-refractivity contribution in [3.05, 3.63) is 101 Å². The molecule has 3 heteroatoms. The standard InChI is InChI=1S/C24H22O3/c1-18(2)15-19-11-13-22(14-12-19)26-17-20-7-6-8-21(16-20)24(25)27-23-9-4-3-5-10-23/h3-16H,17H2,1-2H3. The van der Waals surface area contributed by atoms with E-state index < -0.39 is 0 Å². The molecule has 0 heterocycles. The van der Waals surface area contributed by atoms with Gasteiger partial charge in [-0.3, -0.25) is 0 Å². The van der Waals surface area contributed by atoms with Crippen LogP contribution in [0.25, 0.3) is 6.08 Å². The van der Waals surface area contributed by atoms with E-state index in [2.05, 4.69) is 19.9 Å². The molecule has 0 amide bonds. The molecule has 27 heavy (non-hydrogen) atoms. The van der Waals surface area contributed by atoms with Gasteiger partial charge in [0.1, 0.15) is 18.1 Å².